The van der Waals surface area contributed by atoms with Crippen LogP contribution in [-0.4, -0.2) is 30.7 Å². The number of nitrogens with two attached hydrogens (primary N) is 1. The van der Waals surface area contributed by atoms with Crippen molar-refractivity contribution in [2.45, 2.75) is 18.1 Å². The first-order valence-corrected chi connectivity index (χ1v) is 3.95. The summed E-state index contributed by atoms with van der Waals surface area (Å²) in [5.74, 6) is -1.18. The van der Waals surface area contributed by atoms with Gasteiger partial charge < -0.3 is 10.5 Å². The molecule has 14 heavy (non-hydrogen) atoms. The molecule has 1 rings (SSSR count). The Morgan fingerprint density at radius 3 is 2.43 bits per heavy atom. The van der Waals surface area contributed by atoms with Crippen LogP contribution in [0.25, 0.3) is 0 Å². The average molecular weight is 209 g/mol. The first kappa shape index (κ1) is 11.2. The highest BCUT2D eigenvalue weighted by Gasteiger charge is 2.47. The van der Waals surface area contributed by atoms with E-state index in [9.17, 15) is 18.0 Å². The monoisotopic (exact) mass is 209 g/mol. The lowest BCUT2D eigenvalue weighted by molar-refractivity contribution is -0.133. The molecular weight excluding hydrogens is 199 g/mol. The zero-order valence-electron chi connectivity index (χ0n) is 7.36. The van der Waals surface area contributed by atoms with E-state index in [-0.39, 0.29) is 19.6 Å². The van der Waals surface area contributed by atoms with E-state index in [1.165, 1.54) is 0 Å². The number of halogens is 3. The second-order valence-electron chi connectivity index (χ2n) is 3.26. The molecule has 0 aromatic carbocycles. The highest BCUT2D eigenvalue weighted by atomic mass is 19.4. The van der Waals surface area contributed by atoms with Crippen LogP contribution < -0.4 is 5.73 Å². The first-order chi connectivity index (χ1) is 6.27. The van der Waals surface area contributed by atoms with Crippen molar-refractivity contribution in [1.29, 1.82) is 0 Å². The minimum absolute atomic E-state index is 0.0981. The van der Waals surface area contributed by atoms with E-state index >= 15 is 0 Å². The van der Waals surface area contributed by atoms with E-state index < -0.39 is 23.1 Å². The van der Waals surface area contributed by atoms with E-state index in [0.29, 0.717) is 0 Å². The second kappa shape index (κ2) is 3.36. The van der Waals surface area contributed by atoms with Crippen LogP contribution in [-0.2, 0) is 9.53 Å². The largest absolute Gasteiger partial charge is 0.419 e. The molecule has 1 fully saturated rings. The summed E-state index contributed by atoms with van der Waals surface area (Å²) in [6.07, 6.45) is -4.62. The SMILES string of the molecule is C=C(C(=O)C1(N)CCOC1)C(F)(F)F. The third-order valence-electron chi connectivity index (χ3n) is 2.12. The van der Waals surface area contributed by atoms with Crippen molar-refractivity contribution >= 4 is 5.78 Å². The molecular formula is C8H10F3NO2. The summed E-state index contributed by atoms with van der Waals surface area (Å²) in [5.41, 5.74) is 2.50. The van der Waals surface area contributed by atoms with Crippen molar-refractivity contribution in [3.8, 4) is 0 Å². The van der Waals surface area contributed by atoms with Gasteiger partial charge in [-0.2, -0.15) is 13.2 Å². The molecule has 0 amide bonds. The van der Waals surface area contributed by atoms with Crippen LogP contribution in [0.15, 0.2) is 12.2 Å². The molecule has 0 aromatic heterocycles. The zero-order chi connectivity index (χ0) is 11.0. The Labute approximate surface area is 78.7 Å². The molecule has 1 aliphatic heterocycles. The van der Waals surface area contributed by atoms with Gasteiger partial charge in [0.05, 0.1) is 12.2 Å². The van der Waals surface area contributed by atoms with Crippen molar-refractivity contribution in [3.05, 3.63) is 12.2 Å². The third kappa shape index (κ3) is 1.96. The van der Waals surface area contributed by atoms with Crippen molar-refractivity contribution in [2.24, 2.45) is 5.73 Å². The molecule has 0 aromatic rings. The summed E-state index contributed by atoms with van der Waals surface area (Å²) in [5, 5.41) is 0. The summed E-state index contributed by atoms with van der Waals surface area (Å²) < 4.78 is 41.1. The minimum Gasteiger partial charge on any atom is -0.379 e. The Morgan fingerprint density at radius 2 is 2.07 bits per heavy atom. The molecule has 1 atom stereocenters. The molecule has 1 heterocycles. The van der Waals surface area contributed by atoms with Gasteiger partial charge in [0.15, 0.2) is 5.78 Å². The molecule has 0 aliphatic carbocycles. The fraction of sp³-hybridized carbons (Fsp3) is 0.625. The van der Waals surface area contributed by atoms with E-state index in [4.69, 9.17) is 10.5 Å². The molecule has 1 unspecified atom stereocenters. The van der Waals surface area contributed by atoms with Gasteiger partial charge in [-0.25, -0.2) is 0 Å². The highest BCUT2D eigenvalue weighted by Crippen LogP contribution is 2.30. The Morgan fingerprint density at radius 1 is 1.50 bits per heavy atom. The maximum absolute atomic E-state index is 12.1. The highest BCUT2D eigenvalue weighted by molar-refractivity contribution is 6.03. The lowest BCUT2D eigenvalue weighted by Gasteiger charge is -2.22. The molecule has 3 nitrogen and oxygen atoms in total. The van der Waals surface area contributed by atoms with Crippen LogP contribution in [0.5, 0.6) is 0 Å². The van der Waals surface area contributed by atoms with E-state index in [1.807, 2.05) is 0 Å². The molecule has 2 N–H and O–H groups in total. The van der Waals surface area contributed by atoms with Crippen LogP contribution in [0, 0.1) is 0 Å². The topological polar surface area (TPSA) is 52.3 Å². The van der Waals surface area contributed by atoms with E-state index in [1.54, 1.807) is 0 Å². The normalized spacial score (nSPS) is 27.7. The van der Waals surface area contributed by atoms with Crippen molar-refractivity contribution in [1.82, 2.24) is 0 Å². The maximum atomic E-state index is 12.1. The maximum Gasteiger partial charge on any atom is 0.419 e. The first-order valence-electron chi connectivity index (χ1n) is 3.95. The molecule has 0 radical (unpaired) electrons. The number of hydrogen-bond donors (Lipinski definition) is 1. The number of ketones is 1. The summed E-state index contributed by atoms with van der Waals surface area (Å²) in [4.78, 5) is 11.3. The Kier molecular flexibility index (Phi) is 2.69. The van der Waals surface area contributed by atoms with Crippen LogP contribution in [0.4, 0.5) is 13.2 Å². The van der Waals surface area contributed by atoms with Gasteiger partial charge in [0, 0.05) is 6.61 Å². The number of carbonyl (C=O) groups is 1. The van der Waals surface area contributed by atoms with Gasteiger partial charge in [-0.3, -0.25) is 4.79 Å². The number of Topliss-reactive ketones (excluding diaryl/α,β-unsaturated/α-hetero) is 1. The van der Waals surface area contributed by atoms with Gasteiger partial charge in [0.2, 0.25) is 0 Å². The molecule has 0 spiro atoms. The molecule has 0 bridgehead atoms. The van der Waals surface area contributed by atoms with E-state index in [2.05, 4.69) is 6.58 Å². The van der Waals surface area contributed by atoms with E-state index in [0.717, 1.165) is 0 Å². The second-order valence-corrected chi connectivity index (χ2v) is 3.26. The summed E-state index contributed by atoms with van der Waals surface area (Å²) in [7, 11) is 0. The number of alkyl halides is 3. The van der Waals surface area contributed by atoms with Crippen LogP contribution >= 0.6 is 0 Å². The summed E-state index contributed by atoms with van der Waals surface area (Å²) in [6, 6.07) is 0. The third-order valence-corrected chi connectivity index (χ3v) is 2.12. The van der Waals surface area contributed by atoms with Gasteiger partial charge in [-0.1, -0.05) is 6.58 Å². The van der Waals surface area contributed by atoms with Crippen LogP contribution in [0.2, 0.25) is 0 Å². The lowest BCUT2D eigenvalue weighted by Crippen LogP contribution is -2.50. The van der Waals surface area contributed by atoms with Gasteiger partial charge in [-0.15, -0.1) is 0 Å². The molecule has 6 heteroatoms. The number of rotatable bonds is 2. The Hall–Kier alpha value is -0.880. The van der Waals surface area contributed by atoms with Gasteiger partial charge in [0.1, 0.15) is 5.54 Å². The van der Waals surface area contributed by atoms with Crippen LogP contribution in [0.1, 0.15) is 6.42 Å². The van der Waals surface area contributed by atoms with Gasteiger partial charge in [0.25, 0.3) is 0 Å². The van der Waals surface area contributed by atoms with Crippen molar-refractivity contribution < 1.29 is 22.7 Å². The Bertz CT molecular complexity index is 266. The molecule has 1 aliphatic rings. The number of carbonyl (C=O) groups excluding carboxylic acids is 1. The predicted octanol–water partition coefficient (Wildman–Crippen LogP) is 0.792. The van der Waals surface area contributed by atoms with Gasteiger partial charge >= 0.3 is 6.18 Å². The average Bonchev–Trinajstić information content (AvgIpc) is 2.49. The minimum atomic E-state index is -4.72. The lowest BCUT2D eigenvalue weighted by atomic mass is 9.90. The molecule has 1 saturated heterocycles. The number of hydrogen-bond acceptors (Lipinski definition) is 3. The number of ether oxygens (including phenoxy) is 1. The fourth-order valence-electron chi connectivity index (χ4n) is 1.19. The summed E-state index contributed by atoms with van der Waals surface area (Å²) >= 11 is 0. The zero-order valence-corrected chi connectivity index (χ0v) is 7.36. The van der Waals surface area contributed by atoms with Crippen LogP contribution in [0.3, 0.4) is 0 Å². The van der Waals surface area contributed by atoms with Crippen molar-refractivity contribution in [3.63, 3.8) is 0 Å². The smallest absolute Gasteiger partial charge is 0.379 e. The summed E-state index contributed by atoms with van der Waals surface area (Å²) in [6.45, 7) is 2.73. The Balaban J connectivity index is 2.80. The van der Waals surface area contributed by atoms with Gasteiger partial charge in [-0.05, 0) is 6.42 Å². The standard InChI is InChI=1S/C8H10F3NO2/c1-5(8(9,10)11)6(13)7(12)2-3-14-4-7/h1-4,12H2. The quantitative estimate of drug-likeness (QED) is 0.684. The van der Waals surface area contributed by atoms with Crippen molar-refractivity contribution in [2.75, 3.05) is 13.2 Å². The fourth-order valence-corrected chi connectivity index (χ4v) is 1.19. The molecule has 80 valence electrons. The molecule has 0 saturated carbocycles. The predicted molar refractivity (Wildman–Crippen MR) is 42.6 cm³/mol.